The average Bonchev–Trinajstić information content (AvgIpc) is 2.97. The Balaban J connectivity index is 1.89. The Morgan fingerprint density at radius 3 is 3.00 bits per heavy atom. The van der Waals surface area contributed by atoms with Crippen LogP contribution in [0, 0.1) is 5.82 Å². The summed E-state index contributed by atoms with van der Waals surface area (Å²) in [4.78, 5) is 6.66. The van der Waals surface area contributed by atoms with Crippen LogP contribution >= 0.6 is 0 Å². The first-order chi connectivity index (χ1) is 10.2. The number of rotatable bonds is 8. The van der Waals surface area contributed by atoms with Gasteiger partial charge in [0.2, 0.25) is 0 Å². The molecule has 1 aromatic heterocycles. The molecule has 2 unspecified atom stereocenters. The molecule has 1 fully saturated rings. The van der Waals surface area contributed by atoms with Crippen LogP contribution in [-0.4, -0.2) is 49.3 Å². The summed E-state index contributed by atoms with van der Waals surface area (Å²) in [5.74, 6) is -0.282. The van der Waals surface area contributed by atoms with E-state index < -0.39 is 0 Å². The van der Waals surface area contributed by atoms with Gasteiger partial charge in [-0.25, -0.2) is 4.39 Å². The van der Waals surface area contributed by atoms with Gasteiger partial charge >= 0.3 is 0 Å². The van der Waals surface area contributed by atoms with Gasteiger partial charge in [-0.1, -0.05) is 6.92 Å². The van der Waals surface area contributed by atoms with E-state index in [1.165, 1.54) is 12.3 Å². The maximum atomic E-state index is 13.0. The van der Waals surface area contributed by atoms with E-state index in [0.717, 1.165) is 51.1 Å². The van der Waals surface area contributed by atoms with E-state index >= 15 is 0 Å². The predicted molar refractivity (Wildman–Crippen MR) is 81.7 cm³/mol. The summed E-state index contributed by atoms with van der Waals surface area (Å²) in [6, 6.07) is 3.46. The second-order valence-electron chi connectivity index (χ2n) is 5.64. The fourth-order valence-corrected chi connectivity index (χ4v) is 2.77. The standard InChI is InChI=1S/C16H26FN3O/c1-3-8-18-16(15-5-4-13(17)11-19-15)7-10-20-9-6-14(12-20)21-2/h4-5,11,14,16,18H,3,6-10,12H2,1-2H3. The second-order valence-corrected chi connectivity index (χ2v) is 5.64. The fourth-order valence-electron chi connectivity index (χ4n) is 2.77. The summed E-state index contributed by atoms with van der Waals surface area (Å²) < 4.78 is 18.4. The summed E-state index contributed by atoms with van der Waals surface area (Å²) in [5.41, 5.74) is 0.923. The lowest BCUT2D eigenvalue weighted by Crippen LogP contribution is -2.30. The number of halogens is 1. The van der Waals surface area contributed by atoms with Gasteiger partial charge in [-0.05, 0) is 37.9 Å². The van der Waals surface area contributed by atoms with Crippen LogP contribution in [0.3, 0.4) is 0 Å². The Bertz CT molecular complexity index is 412. The van der Waals surface area contributed by atoms with Gasteiger partial charge in [-0.15, -0.1) is 0 Å². The molecule has 118 valence electrons. The number of pyridine rings is 1. The number of aromatic nitrogens is 1. The van der Waals surface area contributed by atoms with Crippen LogP contribution < -0.4 is 5.32 Å². The molecular formula is C16H26FN3O. The normalized spacial score (nSPS) is 20.8. The van der Waals surface area contributed by atoms with Gasteiger partial charge in [0.25, 0.3) is 0 Å². The molecule has 0 saturated carbocycles. The maximum Gasteiger partial charge on any atom is 0.141 e. The average molecular weight is 295 g/mol. The Hall–Kier alpha value is -1.04. The highest BCUT2D eigenvalue weighted by atomic mass is 19.1. The molecule has 0 aromatic carbocycles. The lowest BCUT2D eigenvalue weighted by molar-refractivity contribution is 0.107. The van der Waals surface area contributed by atoms with Crippen LogP contribution in [-0.2, 0) is 4.74 Å². The number of hydrogen-bond donors (Lipinski definition) is 1. The minimum Gasteiger partial charge on any atom is -0.380 e. The van der Waals surface area contributed by atoms with Crippen molar-refractivity contribution in [2.24, 2.45) is 0 Å². The van der Waals surface area contributed by atoms with Gasteiger partial charge in [0.1, 0.15) is 5.82 Å². The van der Waals surface area contributed by atoms with E-state index in [-0.39, 0.29) is 11.9 Å². The van der Waals surface area contributed by atoms with Crippen LogP contribution in [0.25, 0.3) is 0 Å². The molecule has 0 bridgehead atoms. The number of nitrogens with one attached hydrogen (secondary N) is 1. The summed E-state index contributed by atoms with van der Waals surface area (Å²) in [6.07, 6.45) is 4.84. The molecule has 0 aliphatic carbocycles. The predicted octanol–water partition coefficient (Wildman–Crippen LogP) is 2.37. The zero-order valence-electron chi connectivity index (χ0n) is 13.0. The highest BCUT2D eigenvalue weighted by Gasteiger charge is 2.23. The first kappa shape index (κ1) is 16.3. The number of nitrogens with zero attached hydrogens (tertiary/aromatic N) is 2. The van der Waals surface area contributed by atoms with Crippen molar-refractivity contribution in [1.29, 1.82) is 0 Å². The Labute approximate surface area is 126 Å². The Morgan fingerprint density at radius 2 is 2.38 bits per heavy atom. The van der Waals surface area contributed by atoms with Crippen LogP contribution in [0.1, 0.15) is 37.9 Å². The van der Waals surface area contributed by atoms with E-state index in [1.807, 2.05) is 0 Å². The van der Waals surface area contributed by atoms with Gasteiger partial charge in [0, 0.05) is 26.7 Å². The molecule has 4 nitrogen and oxygen atoms in total. The first-order valence-corrected chi connectivity index (χ1v) is 7.83. The summed E-state index contributed by atoms with van der Waals surface area (Å²) in [6.45, 7) is 6.21. The van der Waals surface area contributed by atoms with Crippen molar-refractivity contribution in [3.8, 4) is 0 Å². The molecule has 1 aliphatic heterocycles. The molecule has 0 radical (unpaired) electrons. The number of likely N-dealkylation sites (tertiary alicyclic amines) is 1. The van der Waals surface area contributed by atoms with Crippen molar-refractivity contribution < 1.29 is 9.13 Å². The molecule has 1 saturated heterocycles. The molecule has 2 heterocycles. The molecule has 21 heavy (non-hydrogen) atoms. The summed E-state index contributed by atoms with van der Waals surface area (Å²) in [5, 5.41) is 3.51. The zero-order chi connectivity index (χ0) is 15.1. The van der Waals surface area contributed by atoms with E-state index in [1.54, 1.807) is 13.2 Å². The quantitative estimate of drug-likeness (QED) is 0.799. The minimum atomic E-state index is -0.282. The topological polar surface area (TPSA) is 37.4 Å². The van der Waals surface area contributed by atoms with Crippen LogP contribution in [0.15, 0.2) is 18.3 Å². The molecular weight excluding hydrogens is 269 g/mol. The van der Waals surface area contributed by atoms with Crippen LogP contribution in [0.5, 0.6) is 0 Å². The third kappa shape index (κ3) is 5.02. The molecule has 2 atom stereocenters. The van der Waals surface area contributed by atoms with Crippen molar-refractivity contribution in [3.05, 3.63) is 29.8 Å². The van der Waals surface area contributed by atoms with Crippen LogP contribution in [0.4, 0.5) is 4.39 Å². The largest absolute Gasteiger partial charge is 0.380 e. The Kier molecular flexibility index (Phi) is 6.54. The van der Waals surface area contributed by atoms with Gasteiger partial charge in [-0.3, -0.25) is 4.98 Å². The zero-order valence-corrected chi connectivity index (χ0v) is 13.0. The molecule has 2 rings (SSSR count). The summed E-state index contributed by atoms with van der Waals surface area (Å²) in [7, 11) is 1.78. The number of hydrogen-bond acceptors (Lipinski definition) is 4. The van der Waals surface area contributed by atoms with Crippen molar-refractivity contribution in [1.82, 2.24) is 15.2 Å². The molecule has 1 N–H and O–H groups in total. The molecule has 1 aromatic rings. The third-order valence-electron chi connectivity index (χ3n) is 4.04. The van der Waals surface area contributed by atoms with Crippen molar-refractivity contribution in [3.63, 3.8) is 0 Å². The number of methoxy groups -OCH3 is 1. The minimum absolute atomic E-state index is 0.187. The van der Waals surface area contributed by atoms with Gasteiger partial charge in [0.15, 0.2) is 0 Å². The van der Waals surface area contributed by atoms with E-state index in [0.29, 0.717) is 6.10 Å². The molecule has 5 heteroatoms. The summed E-state index contributed by atoms with van der Waals surface area (Å²) >= 11 is 0. The first-order valence-electron chi connectivity index (χ1n) is 7.83. The van der Waals surface area contributed by atoms with Crippen molar-refractivity contribution >= 4 is 0 Å². The lowest BCUT2D eigenvalue weighted by Gasteiger charge is -2.22. The van der Waals surface area contributed by atoms with Gasteiger partial charge < -0.3 is 15.0 Å². The van der Waals surface area contributed by atoms with Crippen LogP contribution in [0.2, 0.25) is 0 Å². The van der Waals surface area contributed by atoms with Crippen molar-refractivity contribution in [2.75, 3.05) is 33.3 Å². The number of ether oxygens (including phenoxy) is 1. The van der Waals surface area contributed by atoms with E-state index in [9.17, 15) is 4.39 Å². The third-order valence-corrected chi connectivity index (χ3v) is 4.04. The van der Waals surface area contributed by atoms with Crippen molar-refractivity contribution in [2.45, 2.75) is 38.3 Å². The maximum absolute atomic E-state index is 13.0. The van der Waals surface area contributed by atoms with E-state index in [2.05, 4.69) is 22.1 Å². The molecule has 0 amide bonds. The van der Waals surface area contributed by atoms with Gasteiger partial charge in [-0.2, -0.15) is 0 Å². The highest BCUT2D eigenvalue weighted by molar-refractivity contribution is 5.10. The monoisotopic (exact) mass is 295 g/mol. The smallest absolute Gasteiger partial charge is 0.141 e. The highest BCUT2D eigenvalue weighted by Crippen LogP contribution is 2.18. The second kappa shape index (κ2) is 8.41. The molecule has 1 aliphatic rings. The van der Waals surface area contributed by atoms with E-state index in [4.69, 9.17) is 4.74 Å². The Morgan fingerprint density at radius 1 is 1.52 bits per heavy atom. The fraction of sp³-hybridized carbons (Fsp3) is 0.688. The van der Waals surface area contributed by atoms with Gasteiger partial charge in [0.05, 0.1) is 24.0 Å². The SMILES string of the molecule is CCCNC(CCN1CCC(OC)C1)c1ccc(F)cn1. The lowest BCUT2D eigenvalue weighted by atomic mass is 10.1. The molecule has 0 spiro atoms.